The van der Waals surface area contributed by atoms with E-state index in [4.69, 9.17) is 0 Å². The fourth-order valence-corrected chi connectivity index (χ4v) is 1.84. The average Bonchev–Trinajstić information content (AvgIpc) is 2.86. The molecule has 2 N–H and O–H groups in total. The molecule has 6 heteroatoms. The summed E-state index contributed by atoms with van der Waals surface area (Å²) in [6.45, 7) is 4.88. The lowest BCUT2D eigenvalue weighted by Gasteiger charge is -2.11. The number of carbonyl (C=O) groups is 1. The van der Waals surface area contributed by atoms with Crippen molar-refractivity contribution in [2.24, 2.45) is 0 Å². The molecule has 0 aliphatic rings. The van der Waals surface area contributed by atoms with Gasteiger partial charge in [-0.05, 0) is 24.3 Å². The Bertz CT molecular complexity index is 592. The first kappa shape index (κ1) is 15.2. The highest BCUT2D eigenvalue weighted by atomic mass is 19.1. The van der Waals surface area contributed by atoms with Crippen LogP contribution in [-0.4, -0.2) is 21.5 Å². The second-order valence-electron chi connectivity index (χ2n) is 5.06. The van der Waals surface area contributed by atoms with Gasteiger partial charge in [0.25, 0.3) is 0 Å². The minimum atomic E-state index is -0.329. The van der Waals surface area contributed by atoms with Crippen molar-refractivity contribution < 1.29 is 9.18 Å². The van der Waals surface area contributed by atoms with E-state index in [1.807, 2.05) is 0 Å². The molecule has 0 fully saturated rings. The Labute approximate surface area is 123 Å². The van der Waals surface area contributed by atoms with Crippen molar-refractivity contribution in [3.63, 3.8) is 0 Å². The van der Waals surface area contributed by atoms with Crippen molar-refractivity contribution in [3.8, 4) is 0 Å². The second kappa shape index (κ2) is 6.99. The van der Waals surface area contributed by atoms with Crippen LogP contribution >= 0.6 is 0 Å². The Balaban J connectivity index is 1.93. The van der Waals surface area contributed by atoms with Crippen LogP contribution in [0.15, 0.2) is 36.7 Å². The molecule has 0 radical (unpaired) electrons. The molecule has 0 saturated heterocycles. The molecule has 2 rings (SSSR count). The minimum absolute atomic E-state index is 0.173. The number of rotatable bonds is 6. The maximum absolute atomic E-state index is 12.8. The van der Waals surface area contributed by atoms with E-state index in [0.29, 0.717) is 18.3 Å². The van der Waals surface area contributed by atoms with Crippen LogP contribution in [-0.2, 0) is 17.9 Å². The van der Waals surface area contributed by atoms with Gasteiger partial charge in [-0.1, -0.05) is 13.8 Å². The molecule has 112 valence electrons. The first-order chi connectivity index (χ1) is 10.0. The number of carbonyl (C=O) groups excluding carboxylic acids is 1. The van der Waals surface area contributed by atoms with Gasteiger partial charge in [-0.25, -0.2) is 9.37 Å². The molecule has 0 bridgehead atoms. The first-order valence-corrected chi connectivity index (χ1v) is 6.83. The van der Waals surface area contributed by atoms with Crippen LogP contribution < -0.4 is 10.6 Å². The van der Waals surface area contributed by atoms with Crippen LogP contribution in [0.4, 0.5) is 10.1 Å². The van der Waals surface area contributed by atoms with Gasteiger partial charge in [0.2, 0.25) is 5.91 Å². The topological polar surface area (TPSA) is 59.0 Å². The van der Waals surface area contributed by atoms with E-state index in [9.17, 15) is 9.18 Å². The Morgan fingerprint density at radius 1 is 1.33 bits per heavy atom. The molecule has 1 amide bonds. The number of halogens is 1. The van der Waals surface area contributed by atoms with Gasteiger partial charge >= 0.3 is 0 Å². The summed E-state index contributed by atoms with van der Waals surface area (Å²) in [5, 5.41) is 5.99. The molecular weight excluding hydrogens is 271 g/mol. The van der Waals surface area contributed by atoms with E-state index < -0.39 is 0 Å². The van der Waals surface area contributed by atoms with E-state index >= 15 is 0 Å². The van der Waals surface area contributed by atoms with Gasteiger partial charge in [0, 0.05) is 24.1 Å². The van der Waals surface area contributed by atoms with Crippen molar-refractivity contribution in [2.75, 3.05) is 5.32 Å². The zero-order valence-corrected chi connectivity index (χ0v) is 12.1. The van der Waals surface area contributed by atoms with Crippen LogP contribution in [0.3, 0.4) is 0 Å². The highest BCUT2D eigenvalue weighted by Gasteiger charge is 2.08. The SMILES string of the molecule is CC(C)NCc1nccn1CC(=O)Nc1ccc(F)cc1. The standard InChI is InChI=1S/C15H19FN4O/c1-11(2)18-9-14-17-7-8-20(14)10-15(21)19-13-5-3-12(16)4-6-13/h3-8,11,18H,9-10H2,1-2H3,(H,19,21). The predicted octanol–water partition coefficient (Wildman–Crippen LogP) is 2.16. The minimum Gasteiger partial charge on any atom is -0.325 e. The molecule has 2 aromatic rings. The van der Waals surface area contributed by atoms with Gasteiger partial charge in [0.15, 0.2) is 0 Å². The predicted molar refractivity (Wildman–Crippen MR) is 79.2 cm³/mol. The maximum Gasteiger partial charge on any atom is 0.244 e. The van der Waals surface area contributed by atoms with E-state index in [2.05, 4.69) is 29.5 Å². The number of amides is 1. The molecule has 0 unspecified atom stereocenters. The van der Waals surface area contributed by atoms with Crippen LogP contribution in [0.2, 0.25) is 0 Å². The van der Waals surface area contributed by atoms with E-state index in [-0.39, 0.29) is 18.3 Å². The molecule has 5 nitrogen and oxygen atoms in total. The molecule has 0 spiro atoms. The van der Waals surface area contributed by atoms with E-state index in [1.54, 1.807) is 17.0 Å². The first-order valence-electron chi connectivity index (χ1n) is 6.83. The smallest absolute Gasteiger partial charge is 0.244 e. The summed E-state index contributed by atoms with van der Waals surface area (Å²) < 4.78 is 14.6. The average molecular weight is 290 g/mol. The number of nitrogens with zero attached hydrogens (tertiary/aromatic N) is 2. The second-order valence-corrected chi connectivity index (χ2v) is 5.06. The van der Waals surface area contributed by atoms with Gasteiger partial charge in [0.1, 0.15) is 18.2 Å². The number of anilines is 1. The molecule has 0 aliphatic heterocycles. The third kappa shape index (κ3) is 4.68. The number of hydrogen-bond donors (Lipinski definition) is 2. The van der Waals surface area contributed by atoms with Crippen molar-refractivity contribution in [3.05, 3.63) is 48.3 Å². The highest BCUT2D eigenvalue weighted by molar-refractivity contribution is 5.90. The van der Waals surface area contributed by atoms with Crippen molar-refractivity contribution in [2.45, 2.75) is 33.0 Å². The largest absolute Gasteiger partial charge is 0.325 e. The van der Waals surface area contributed by atoms with Crippen LogP contribution in [0.25, 0.3) is 0 Å². The Hall–Kier alpha value is -2.21. The van der Waals surface area contributed by atoms with E-state index in [1.165, 1.54) is 24.3 Å². The van der Waals surface area contributed by atoms with Gasteiger partial charge in [-0.2, -0.15) is 0 Å². The van der Waals surface area contributed by atoms with E-state index in [0.717, 1.165) is 5.82 Å². The Kier molecular flexibility index (Phi) is 5.05. The molecule has 1 aromatic carbocycles. The quantitative estimate of drug-likeness (QED) is 0.857. The molecular formula is C15H19FN4O. The summed E-state index contributed by atoms with van der Waals surface area (Å²) in [5.74, 6) is 0.299. The van der Waals surface area contributed by atoms with Crippen molar-refractivity contribution in [1.82, 2.24) is 14.9 Å². The zero-order valence-electron chi connectivity index (χ0n) is 12.1. The molecule has 21 heavy (non-hydrogen) atoms. The molecule has 0 saturated carbocycles. The summed E-state index contributed by atoms with van der Waals surface area (Å²) >= 11 is 0. The number of aromatic nitrogens is 2. The number of nitrogens with one attached hydrogen (secondary N) is 2. The summed E-state index contributed by atoms with van der Waals surface area (Å²) in [5.41, 5.74) is 0.573. The molecule has 0 atom stereocenters. The summed E-state index contributed by atoms with van der Waals surface area (Å²) in [7, 11) is 0. The molecule has 1 heterocycles. The molecule has 0 aliphatic carbocycles. The normalized spacial score (nSPS) is 10.9. The number of benzene rings is 1. The zero-order chi connectivity index (χ0) is 15.2. The highest BCUT2D eigenvalue weighted by Crippen LogP contribution is 2.08. The van der Waals surface area contributed by atoms with Crippen LogP contribution in [0, 0.1) is 5.82 Å². The fourth-order valence-electron chi connectivity index (χ4n) is 1.84. The summed E-state index contributed by atoms with van der Waals surface area (Å²) in [6, 6.07) is 6.03. The third-order valence-corrected chi connectivity index (χ3v) is 2.91. The van der Waals surface area contributed by atoms with Crippen molar-refractivity contribution >= 4 is 11.6 Å². The number of hydrogen-bond acceptors (Lipinski definition) is 3. The van der Waals surface area contributed by atoms with Crippen LogP contribution in [0.1, 0.15) is 19.7 Å². The summed E-state index contributed by atoms with van der Waals surface area (Å²) in [4.78, 5) is 16.2. The third-order valence-electron chi connectivity index (χ3n) is 2.91. The number of imidazole rings is 1. The van der Waals surface area contributed by atoms with Gasteiger partial charge < -0.3 is 15.2 Å². The monoisotopic (exact) mass is 290 g/mol. The summed E-state index contributed by atoms with van der Waals surface area (Å²) in [6.07, 6.45) is 3.43. The maximum atomic E-state index is 12.8. The Morgan fingerprint density at radius 3 is 2.71 bits per heavy atom. The van der Waals surface area contributed by atoms with Crippen molar-refractivity contribution in [1.29, 1.82) is 0 Å². The lowest BCUT2D eigenvalue weighted by atomic mass is 10.3. The van der Waals surface area contributed by atoms with Gasteiger partial charge in [0.05, 0.1) is 6.54 Å². The van der Waals surface area contributed by atoms with Gasteiger partial charge in [-0.3, -0.25) is 4.79 Å². The lowest BCUT2D eigenvalue weighted by Crippen LogP contribution is -2.26. The molecule has 1 aromatic heterocycles. The lowest BCUT2D eigenvalue weighted by molar-refractivity contribution is -0.116. The van der Waals surface area contributed by atoms with Crippen LogP contribution in [0.5, 0.6) is 0 Å². The fraction of sp³-hybridized carbons (Fsp3) is 0.333. The van der Waals surface area contributed by atoms with Gasteiger partial charge in [-0.15, -0.1) is 0 Å². The Morgan fingerprint density at radius 2 is 2.05 bits per heavy atom.